The van der Waals surface area contributed by atoms with E-state index in [1.165, 1.54) is 0 Å². The van der Waals surface area contributed by atoms with Gasteiger partial charge in [-0.25, -0.2) is 0 Å². The Balaban J connectivity index is 2.89. The quantitative estimate of drug-likeness (QED) is 0.326. The van der Waals surface area contributed by atoms with Gasteiger partial charge >= 0.3 is 0 Å². The highest BCUT2D eigenvalue weighted by Gasteiger charge is 2.43. The summed E-state index contributed by atoms with van der Waals surface area (Å²) in [5.41, 5.74) is 5.37. The Morgan fingerprint density at radius 1 is 1.40 bits per heavy atom. The van der Waals surface area contributed by atoms with E-state index in [0.717, 1.165) is 38.5 Å². The molecule has 1 amide bonds. The Hall–Kier alpha value is -1.26. The van der Waals surface area contributed by atoms with Crippen LogP contribution < -0.4 is 5.73 Å². The van der Waals surface area contributed by atoms with Gasteiger partial charge in [-0.2, -0.15) is 0 Å². The highest BCUT2D eigenvalue weighted by molar-refractivity contribution is 5.89. The lowest BCUT2D eigenvalue weighted by atomic mass is 9.77. The maximum atomic E-state index is 13.0. The molecule has 0 radical (unpaired) electrons. The van der Waals surface area contributed by atoms with Gasteiger partial charge in [0, 0.05) is 12.0 Å². The lowest BCUT2D eigenvalue weighted by Gasteiger charge is -2.35. The van der Waals surface area contributed by atoms with E-state index in [9.17, 15) is 4.79 Å². The summed E-state index contributed by atoms with van der Waals surface area (Å²) in [5, 5.41) is 11.7. The van der Waals surface area contributed by atoms with Crippen LogP contribution in [-0.4, -0.2) is 34.9 Å². The van der Waals surface area contributed by atoms with Gasteiger partial charge < -0.3 is 15.8 Å². The molecule has 0 spiro atoms. The third-order valence-electron chi connectivity index (χ3n) is 4.08. The number of rotatable bonds is 7. The zero-order valence-corrected chi connectivity index (χ0v) is 13.1. The average Bonchev–Trinajstić information content (AvgIpc) is 2.86. The highest BCUT2D eigenvalue weighted by atomic mass is 16.4. The van der Waals surface area contributed by atoms with Gasteiger partial charge in [-0.15, -0.1) is 0 Å². The van der Waals surface area contributed by atoms with E-state index in [0.29, 0.717) is 12.5 Å². The van der Waals surface area contributed by atoms with Gasteiger partial charge in [0.05, 0.1) is 6.54 Å². The molecule has 0 aromatic heterocycles. The van der Waals surface area contributed by atoms with Gasteiger partial charge in [0.15, 0.2) is 5.84 Å². The summed E-state index contributed by atoms with van der Waals surface area (Å²) >= 11 is 0. The molecule has 1 saturated carbocycles. The van der Waals surface area contributed by atoms with Crippen molar-refractivity contribution in [3.8, 4) is 0 Å². The molecule has 1 aliphatic carbocycles. The van der Waals surface area contributed by atoms with Crippen LogP contribution in [0.5, 0.6) is 0 Å². The second-order valence-electron chi connectivity index (χ2n) is 6.40. The number of carbonyl (C=O) groups excluding carboxylic acids is 1. The van der Waals surface area contributed by atoms with Crippen LogP contribution >= 0.6 is 0 Å². The molecular formula is C15H29N3O2. The van der Waals surface area contributed by atoms with Crippen molar-refractivity contribution in [2.24, 2.45) is 22.2 Å². The van der Waals surface area contributed by atoms with Crippen molar-refractivity contribution in [3.63, 3.8) is 0 Å². The van der Waals surface area contributed by atoms with Gasteiger partial charge in [0.2, 0.25) is 5.91 Å². The first kappa shape index (κ1) is 16.8. The molecule has 1 rings (SSSR count). The fraction of sp³-hybridized carbons (Fsp3) is 0.867. The molecule has 1 aliphatic rings. The highest BCUT2D eigenvalue weighted by Crippen LogP contribution is 2.44. The first-order valence-electron chi connectivity index (χ1n) is 7.71. The summed E-state index contributed by atoms with van der Waals surface area (Å²) in [6.45, 7) is 7.26. The summed E-state index contributed by atoms with van der Waals surface area (Å²) in [5.74, 6) is 0.797. The number of amidine groups is 1. The largest absolute Gasteiger partial charge is 0.409 e. The van der Waals surface area contributed by atoms with Crippen molar-refractivity contribution < 1.29 is 10.0 Å². The predicted molar refractivity (Wildman–Crippen MR) is 80.6 cm³/mol. The minimum atomic E-state index is -0.223. The Labute approximate surface area is 122 Å². The number of oxime groups is 1. The van der Waals surface area contributed by atoms with Crippen molar-refractivity contribution in [2.45, 2.75) is 59.3 Å². The van der Waals surface area contributed by atoms with Gasteiger partial charge in [-0.05, 0) is 31.6 Å². The lowest BCUT2D eigenvalue weighted by molar-refractivity contribution is -0.142. The van der Waals surface area contributed by atoms with Crippen molar-refractivity contribution >= 4 is 11.7 Å². The molecule has 0 bridgehead atoms. The molecule has 116 valence electrons. The Kier molecular flexibility index (Phi) is 6.30. The molecule has 5 nitrogen and oxygen atoms in total. The van der Waals surface area contributed by atoms with Gasteiger partial charge in [-0.1, -0.05) is 38.8 Å². The molecule has 1 fully saturated rings. The van der Waals surface area contributed by atoms with Crippen LogP contribution in [0.4, 0.5) is 0 Å². The zero-order valence-electron chi connectivity index (χ0n) is 13.1. The maximum Gasteiger partial charge on any atom is 0.229 e. The number of carbonyl (C=O) groups is 1. The third kappa shape index (κ3) is 4.12. The normalized spacial score (nSPS) is 18.5. The summed E-state index contributed by atoms with van der Waals surface area (Å²) in [6.07, 6.45) is 6.01. The first-order chi connectivity index (χ1) is 9.45. The molecule has 0 heterocycles. The lowest BCUT2D eigenvalue weighted by Crippen LogP contribution is -2.47. The van der Waals surface area contributed by atoms with Gasteiger partial charge in [0.25, 0.3) is 0 Å². The second kappa shape index (κ2) is 7.50. The minimum absolute atomic E-state index is 0.101. The van der Waals surface area contributed by atoms with E-state index in [-0.39, 0.29) is 23.7 Å². The van der Waals surface area contributed by atoms with E-state index in [4.69, 9.17) is 10.9 Å². The van der Waals surface area contributed by atoms with Gasteiger partial charge in [0.1, 0.15) is 0 Å². The molecule has 0 unspecified atom stereocenters. The van der Waals surface area contributed by atoms with Crippen molar-refractivity contribution in [2.75, 3.05) is 13.1 Å². The van der Waals surface area contributed by atoms with Gasteiger partial charge in [-0.3, -0.25) is 4.79 Å². The molecule has 0 saturated heterocycles. The Bertz CT molecular complexity index is 347. The van der Waals surface area contributed by atoms with E-state index in [1.54, 1.807) is 4.90 Å². The maximum absolute atomic E-state index is 13.0. The summed E-state index contributed by atoms with van der Waals surface area (Å²) < 4.78 is 0. The first-order valence-corrected chi connectivity index (χ1v) is 7.71. The third-order valence-corrected chi connectivity index (χ3v) is 4.08. The molecular weight excluding hydrogens is 254 g/mol. The molecule has 20 heavy (non-hydrogen) atoms. The Morgan fingerprint density at radius 3 is 2.45 bits per heavy atom. The van der Waals surface area contributed by atoms with E-state index in [2.05, 4.69) is 19.0 Å². The number of hydrogen-bond donors (Lipinski definition) is 2. The number of hydrogen-bond acceptors (Lipinski definition) is 3. The fourth-order valence-corrected chi connectivity index (χ4v) is 3.42. The van der Waals surface area contributed by atoms with Crippen molar-refractivity contribution in [1.29, 1.82) is 0 Å². The molecule has 0 atom stereocenters. The SMILES string of the molecule is CCCN(CC(N)=NO)C(=O)C1(CC(C)C)CCCC1. The van der Waals surface area contributed by atoms with E-state index in [1.807, 2.05) is 6.92 Å². The molecule has 0 aromatic rings. The Morgan fingerprint density at radius 2 is 2.00 bits per heavy atom. The zero-order chi connectivity index (χ0) is 15.2. The molecule has 5 heteroatoms. The van der Waals surface area contributed by atoms with Crippen LogP contribution in [0.1, 0.15) is 59.3 Å². The summed E-state index contributed by atoms with van der Waals surface area (Å²) in [7, 11) is 0. The van der Waals surface area contributed by atoms with Crippen molar-refractivity contribution in [3.05, 3.63) is 0 Å². The summed E-state index contributed by atoms with van der Waals surface area (Å²) in [6, 6.07) is 0. The monoisotopic (exact) mass is 283 g/mol. The minimum Gasteiger partial charge on any atom is -0.409 e. The average molecular weight is 283 g/mol. The predicted octanol–water partition coefficient (Wildman–Crippen LogP) is 2.58. The smallest absolute Gasteiger partial charge is 0.229 e. The van der Waals surface area contributed by atoms with E-state index < -0.39 is 0 Å². The van der Waals surface area contributed by atoms with Crippen LogP contribution in [0.15, 0.2) is 5.16 Å². The van der Waals surface area contributed by atoms with Crippen LogP contribution in [0.2, 0.25) is 0 Å². The van der Waals surface area contributed by atoms with Crippen molar-refractivity contribution in [1.82, 2.24) is 4.90 Å². The second-order valence-corrected chi connectivity index (χ2v) is 6.40. The number of nitrogens with two attached hydrogens (primary N) is 1. The number of nitrogens with zero attached hydrogens (tertiary/aromatic N) is 2. The molecule has 3 N–H and O–H groups in total. The fourth-order valence-electron chi connectivity index (χ4n) is 3.42. The van der Waals surface area contributed by atoms with E-state index >= 15 is 0 Å². The van der Waals surface area contributed by atoms with Crippen LogP contribution in [0.25, 0.3) is 0 Å². The topological polar surface area (TPSA) is 78.9 Å². The number of amides is 1. The molecule has 0 aromatic carbocycles. The standard InChI is InChI=1S/C15H29N3O2/c1-4-9-18(11-13(16)17-20)14(19)15(10-12(2)3)7-5-6-8-15/h12,20H,4-11H2,1-3H3,(H2,16,17). The van der Waals surface area contributed by atoms with Crippen LogP contribution in [0.3, 0.4) is 0 Å². The van der Waals surface area contributed by atoms with Crippen LogP contribution in [-0.2, 0) is 4.79 Å². The summed E-state index contributed by atoms with van der Waals surface area (Å²) in [4.78, 5) is 14.7. The molecule has 0 aliphatic heterocycles. The van der Waals surface area contributed by atoms with Crippen LogP contribution in [0, 0.1) is 11.3 Å².